The van der Waals surface area contributed by atoms with Crippen molar-refractivity contribution in [3.8, 4) is 11.5 Å². The first-order valence-corrected chi connectivity index (χ1v) is 5.96. The van der Waals surface area contributed by atoms with E-state index in [2.05, 4.69) is 18.7 Å². The molecule has 2 rings (SSSR count). The van der Waals surface area contributed by atoms with Crippen LogP contribution in [0.25, 0.3) is 0 Å². The van der Waals surface area contributed by atoms with Crippen molar-refractivity contribution in [3.05, 3.63) is 23.8 Å². The SMILES string of the molecule is CCN(CC)C1CCOc2cccc(O)c21. The summed E-state index contributed by atoms with van der Waals surface area (Å²) in [6, 6.07) is 5.80. The molecule has 1 aliphatic rings. The fourth-order valence-corrected chi connectivity index (χ4v) is 2.45. The van der Waals surface area contributed by atoms with Crippen LogP contribution < -0.4 is 4.74 Å². The molecule has 1 aromatic rings. The van der Waals surface area contributed by atoms with Crippen LogP contribution >= 0.6 is 0 Å². The molecule has 0 bridgehead atoms. The molecule has 3 nitrogen and oxygen atoms in total. The van der Waals surface area contributed by atoms with Gasteiger partial charge in [0, 0.05) is 12.5 Å². The van der Waals surface area contributed by atoms with Crippen molar-refractivity contribution >= 4 is 0 Å². The molecule has 16 heavy (non-hydrogen) atoms. The third kappa shape index (κ3) is 1.87. The zero-order valence-corrected chi connectivity index (χ0v) is 9.94. The van der Waals surface area contributed by atoms with Gasteiger partial charge >= 0.3 is 0 Å². The average molecular weight is 221 g/mol. The van der Waals surface area contributed by atoms with Crippen LogP contribution in [0, 0.1) is 0 Å². The Morgan fingerprint density at radius 1 is 1.38 bits per heavy atom. The molecule has 0 aromatic heterocycles. The maximum absolute atomic E-state index is 9.96. The highest BCUT2D eigenvalue weighted by Crippen LogP contribution is 2.41. The largest absolute Gasteiger partial charge is 0.507 e. The highest BCUT2D eigenvalue weighted by atomic mass is 16.5. The van der Waals surface area contributed by atoms with Crippen molar-refractivity contribution in [1.29, 1.82) is 0 Å². The Balaban J connectivity index is 2.38. The van der Waals surface area contributed by atoms with Crippen molar-refractivity contribution in [1.82, 2.24) is 4.90 Å². The second kappa shape index (κ2) is 4.74. The maximum atomic E-state index is 9.96. The quantitative estimate of drug-likeness (QED) is 0.851. The first-order valence-electron chi connectivity index (χ1n) is 5.96. The molecule has 1 atom stereocenters. The van der Waals surface area contributed by atoms with E-state index >= 15 is 0 Å². The molecule has 1 aliphatic heterocycles. The van der Waals surface area contributed by atoms with Gasteiger partial charge in [-0.1, -0.05) is 19.9 Å². The van der Waals surface area contributed by atoms with Crippen LogP contribution in [0.2, 0.25) is 0 Å². The van der Waals surface area contributed by atoms with Crippen LogP contribution in [0.4, 0.5) is 0 Å². The molecule has 0 saturated heterocycles. The summed E-state index contributed by atoms with van der Waals surface area (Å²) in [5.41, 5.74) is 0.956. The van der Waals surface area contributed by atoms with Gasteiger partial charge in [0.15, 0.2) is 0 Å². The molecule has 1 unspecified atom stereocenters. The minimum atomic E-state index is 0.292. The molecule has 0 saturated carbocycles. The van der Waals surface area contributed by atoms with Gasteiger partial charge in [-0.25, -0.2) is 0 Å². The van der Waals surface area contributed by atoms with Gasteiger partial charge in [-0.05, 0) is 25.2 Å². The Kier molecular flexibility index (Phi) is 3.34. The Morgan fingerprint density at radius 2 is 2.12 bits per heavy atom. The summed E-state index contributed by atoms with van der Waals surface area (Å²) in [4.78, 5) is 2.36. The van der Waals surface area contributed by atoms with E-state index < -0.39 is 0 Å². The first-order chi connectivity index (χ1) is 7.77. The normalized spacial score (nSPS) is 19.3. The van der Waals surface area contributed by atoms with E-state index in [1.807, 2.05) is 12.1 Å². The van der Waals surface area contributed by atoms with Crippen molar-refractivity contribution in [3.63, 3.8) is 0 Å². The lowest BCUT2D eigenvalue weighted by molar-refractivity contribution is 0.148. The van der Waals surface area contributed by atoms with Gasteiger partial charge in [0.25, 0.3) is 0 Å². The fourth-order valence-electron chi connectivity index (χ4n) is 2.45. The second-order valence-corrected chi connectivity index (χ2v) is 4.06. The molecule has 0 radical (unpaired) electrons. The number of nitrogens with zero attached hydrogens (tertiary/aromatic N) is 1. The number of rotatable bonds is 3. The van der Waals surface area contributed by atoms with Gasteiger partial charge in [0.05, 0.1) is 12.2 Å². The summed E-state index contributed by atoms with van der Waals surface area (Å²) >= 11 is 0. The lowest BCUT2D eigenvalue weighted by Gasteiger charge is -2.34. The van der Waals surface area contributed by atoms with Crippen LogP contribution in [0.15, 0.2) is 18.2 Å². The van der Waals surface area contributed by atoms with Gasteiger partial charge in [0.2, 0.25) is 0 Å². The summed E-state index contributed by atoms with van der Waals surface area (Å²) < 4.78 is 5.59. The van der Waals surface area contributed by atoms with E-state index in [4.69, 9.17) is 4.74 Å². The fraction of sp³-hybridized carbons (Fsp3) is 0.538. The minimum absolute atomic E-state index is 0.292. The number of phenolic OH excluding ortho intramolecular Hbond substituents is 1. The summed E-state index contributed by atoms with van der Waals surface area (Å²) in [6.07, 6.45) is 0.951. The molecular weight excluding hydrogens is 202 g/mol. The number of phenols is 1. The Hall–Kier alpha value is -1.22. The van der Waals surface area contributed by atoms with E-state index in [-0.39, 0.29) is 0 Å². The molecule has 88 valence electrons. The molecule has 0 fully saturated rings. The molecule has 1 heterocycles. The smallest absolute Gasteiger partial charge is 0.127 e. The van der Waals surface area contributed by atoms with E-state index in [1.165, 1.54) is 0 Å². The number of fused-ring (bicyclic) bond motifs is 1. The lowest BCUT2D eigenvalue weighted by atomic mass is 9.98. The predicted octanol–water partition coefficient (Wildman–Crippen LogP) is 2.56. The molecule has 0 amide bonds. The highest BCUT2D eigenvalue weighted by molar-refractivity contribution is 5.47. The average Bonchev–Trinajstić information content (AvgIpc) is 2.31. The van der Waals surface area contributed by atoms with Crippen molar-refractivity contribution in [2.45, 2.75) is 26.3 Å². The van der Waals surface area contributed by atoms with Crippen LogP contribution in [-0.4, -0.2) is 29.7 Å². The lowest BCUT2D eigenvalue weighted by Crippen LogP contribution is -2.32. The molecule has 3 heteroatoms. The Bertz CT molecular complexity index is 361. The van der Waals surface area contributed by atoms with Gasteiger partial charge in [-0.3, -0.25) is 4.90 Å². The third-order valence-electron chi connectivity index (χ3n) is 3.28. The third-order valence-corrected chi connectivity index (χ3v) is 3.28. The second-order valence-electron chi connectivity index (χ2n) is 4.06. The predicted molar refractivity (Wildman–Crippen MR) is 63.9 cm³/mol. The van der Waals surface area contributed by atoms with Crippen LogP contribution in [-0.2, 0) is 0 Å². The molecule has 0 spiro atoms. The van der Waals surface area contributed by atoms with Gasteiger partial charge < -0.3 is 9.84 Å². The number of hydrogen-bond acceptors (Lipinski definition) is 3. The van der Waals surface area contributed by atoms with E-state index in [1.54, 1.807) is 6.07 Å². The summed E-state index contributed by atoms with van der Waals surface area (Å²) in [5, 5.41) is 9.96. The number of ether oxygens (including phenoxy) is 1. The molecular formula is C13H19NO2. The van der Waals surface area contributed by atoms with E-state index in [0.29, 0.717) is 11.8 Å². The number of benzene rings is 1. The molecule has 1 N–H and O–H groups in total. The first kappa shape index (κ1) is 11.3. The Morgan fingerprint density at radius 3 is 2.81 bits per heavy atom. The van der Waals surface area contributed by atoms with Gasteiger partial charge in [-0.2, -0.15) is 0 Å². The van der Waals surface area contributed by atoms with Crippen LogP contribution in [0.3, 0.4) is 0 Å². The minimum Gasteiger partial charge on any atom is -0.507 e. The maximum Gasteiger partial charge on any atom is 0.127 e. The van der Waals surface area contributed by atoms with Gasteiger partial charge in [-0.15, -0.1) is 0 Å². The summed E-state index contributed by atoms with van der Waals surface area (Å²) in [5.74, 6) is 1.19. The van der Waals surface area contributed by atoms with E-state index in [0.717, 1.165) is 37.4 Å². The number of aromatic hydroxyl groups is 1. The highest BCUT2D eigenvalue weighted by Gasteiger charge is 2.27. The van der Waals surface area contributed by atoms with Crippen molar-refractivity contribution in [2.24, 2.45) is 0 Å². The summed E-state index contributed by atoms with van der Waals surface area (Å²) in [7, 11) is 0. The van der Waals surface area contributed by atoms with Crippen molar-refractivity contribution in [2.75, 3.05) is 19.7 Å². The zero-order valence-electron chi connectivity index (χ0n) is 9.94. The van der Waals surface area contributed by atoms with E-state index in [9.17, 15) is 5.11 Å². The monoisotopic (exact) mass is 221 g/mol. The standard InChI is InChI=1S/C13H19NO2/c1-3-14(4-2)10-8-9-16-12-7-5-6-11(15)13(10)12/h5-7,10,15H,3-4,8-9H2,1-2H3. The zero-order chi connectivity index (χ0) is 11.5. The molecule has 1 aromatic carbocycles. The van der Waals surface area contributed by atoms with Crippen molar-refractivity contribution < 1.29 is 9.84 Å². The number of hydrogen-bond donors (Lipinski definition) is 1. The Labute approximate surface area is 96.6 Å². The molecule has 0 aliphatic carbocycles. The van der Waals surface area contributed by atoms with Gasteiger partial charge in [0.1, 0.15) is 11.5 Å². The van der Waals surface area contributed by atoms with Crippen LogP contribution in [0.1, 0.15) is 31.9 Å². The topological polar surface area (TPSA) is 32.7 Å². The summed E-state index contributed by atoms with van der Waals surface area (Å²) in [6.45, 7) is 7.03. The van der Waals surface area contributed by atoms with Crippen LogP contribution in [0.5, 0.6) is 11.5 Å².